The van der Waals surface area contributed by atoms with Gasteiger partial charge in [0, 0.05) is 17.5 Å². The Labute approximate surface area is 136 Å². The van der Waals surface area contributed by atoms with E-state index in [1.807, 2.05) is 61.5 Å². The minimum Gasteiger partial charge on any atom is -0.345 e. The predicted molar refractivity (Wildman–Crippen MR) is 90.8 cm³/mol. The average Bonchev–Trinajstić information content (AvgIpc) is 2.52. The summed E-state index contributed by atoms with van der Waals surface area (Å²) in [5.74, 6) is 0.00102. The first-order valence-electron chi connectivity index (χ1n) is 7.41. The van der Waals surface area contributed by atoms with Crippen LogP contribution in [0.1, 0.15) is 36.9 Å². The average molecular weight is 317 g/mol. The van der Waals surface area contributed by atoms with E-state index in [1.165, 1.54) is 0 Å². The largest absolute Gasteiger partial charge is 0.345 e. The van der Waals surface area contributed by atoms with Crippen molar-refractivity contribution in [2.24, 2.45) is 5.73 Å². The highest BCUT2D eigenvalue weighted by Crippen LogP contribution is 2.23. The molecule has 2 aromatic carbocycles. The Morgan fingerprint density at radius 2 is 1.68 bits per heavy atom. The van der Waals surface area contributed by atoms with Crippen molar-refractivity contribution in [2.45, 2.75) is 31.8 Å². The summed E-state index contributed by atoms with van der Waals surface area (Å²) in [6, 6.07) is 17.3. The summed E-state index contributed by atoms with van der Waals surface area (Å²) < 4.78 is 0. The fourth-order valence-electron chi connectivity index (χ4n) is 2.25. The molecule has 0 heterocycles. The van der Waals surface area contributed by atoms with E-state index in [-0.39, 0.29) is 18.0 Å². The van der Waals surface area contributed by atoms with Crippen LogP contribution in [-0.4, -0.2) is 11.9 Å². The Morgan fingerprint density at radius 3 is 2.27 bits per heavy atom. The minimum atomic E-state index is -0.181. The standard InChI is InChI=1S/C18H21ClN2O/c1-13(20)7-12-17(22)21-18(14-5-3-2-4-6-14)15-8-10-16(19)11-9-15/h2-6,8-11,13,18H,7,12,20H2,1H3,(H,21,22). The van der Waals surface area contributed by atoms with Gasteiger partial charge in [-0.05, 0) is 36.6 Å². The number of hydrogen-bond acceptors (Lipinski definition) is 2. The molecule has 3 nitrogen and oxygen atoms in total. The number of benzene rings is 2. The molecule has 2 atom stereocenters. The van der Waals surface area contributed by atoms with Gasteiger partial charge in [0.15, 0.2) is 0 Å². The van der Waals surface area contributed by atoms with Crippen LogP contribution in [0.3, 0.4) is 0 Å². The third-order valence-electron chi connectivity index (χ3n) is 3.47. The van der Waals surface area contributed by atoms with Gasteiger partial charge in [-0.2, -0.15) is 0 Å². The van der Waals surface area contributed by atoms with Crippen LogP contribution < -0.4 is 11.1 Å². The Hall–Kier alpha value is -1.84. The second-order valence-electron chi connectivity index (χ2n) is 5.48. The van der Waals surface area contributed by atoms with Gasteiger partial charge in [0.05, 0.1) is 6.04 Å². The Bertz CT molecular complexity index is 596. The summed E-state index contributed by atoms with van der Waals surface area (Å²) in [4.78, 5) is 12.2. The Morgan fingerprint density at radius 1 is 1.09 bits per heavy atom. The smallest absolute Gasteiger partial charge is 0.220 e. The van der Waals surface area contributed by atoms with Crippen LogP contribution in [-0.2, 0) is 4.79 Å². The van der Waals surface area contributed by atoms with Crippen molar-refractivity contribution in [3.05, 3.63) is 70.7 Å². The molecule has 0 aliphatic rings. The van der Waals surface area contributed by atoms with Crippen LogP contribution in [0.4, 0.5) is 0 Å². The number of carbonyl (C=O) groups is 1. The van der Waals surface area contributed by atoms with Gasteiger partial charge in [0.25, 0.3) is 0 Å². The summed E-state index contributed by atoms with van der Waals surface area (Å²) in [5, 5.41) is 3.77. The highest BCUT2D eigenvalue weighted by atomic mass is 35.5. The zero-order chi connectivity index (χ0) is 15.9. The van der Waals surface area contributed by atoms with Crippen LogP contribution in [0.25, 0.3) is 0 Å². The van der Waals surface area contributed by atoms with E-state index in [9.17, 15) is 4.79 Å². The fraction of sp³-hybridized carbons (Fsp3) is 0.278. The van der Waals surface area contributed by atoms with E-state index < -0.39 is 0 Å². The van der Waals surface area contributed by atoms with Gasteiger partial charge in [-0.1, -0.05) is 54.1 Å². The van der Waals surface area contributed by atoms with E-state index in [4.69, 9.17) is 17.3 Å². The molecule has 116 valence electrons. The molecule has 1 amide bonds. The molecular weight excluding hydrogens is 296 g/mol. The molecule has 4 heteroatoms. The number of nitrogens with one attached hydrogen (secondary N) is 1. The number of rotatable bonds is 6. The maximum Gasteiger partial charge on any atom is 0.220 e. The first-order valence-corrected chi connectivity index (χ1v) is 7.79. The normalized spacial score (nSPS) is 13.4. The zero-order valence-corrected chi connectivity index (χ0v) is 13.4. The highest BCUT2D eigenvalue weighted by Gasteiger charge is 2.16. The molecule has 0 bridgehead atoms. The lowest BCUT2D eigenvalue weighted by Gasteiger charge is -2.20. The fourth-order valence-corrected chi connectivity index (χ4v) is 2.38. The molecular formula is C18H21ClN2O. The summed E-state index contributed by atoms with van der Waals surface area (Å²) >= 11 is 5.95. The summed E-state index contributed by atoms with van der Waals surface area (Å²) in [7, 11) is 0. The number of halogens is 1. The van der Waals surface area contributed by atoms with E-state index in [0.717, 1.165) is 11.1 Å². The van der Waals surface area contributed by atoms with E-state index >= 15 is 0 Å². The topological polar surface area (TPSA) is 55.1 Å². The van der Waals surface area contributed by atoms with Crippen molar-refractivity contribution in [2.75, 3.05) is 0 Å². The highest BCUT2D eigenvalue weighted by molar-refractivity contribution is 6.30. The summed E-state index contributed by atoms with van der Waals surface area (Å²) in [6.45, 7) is 1.90. The van der Waals surface area contributed by atoms with Crippen molar-refractivity contribution >= 4 is 17.5 Å². The van der Waals surface area contributed by atoms with Crippen LogP contribution in [0.5, 0.6) is 0 Å². The molecule has 3 N–H and O–H groups in total. The second-order valence-corrected chi connectivity index (χ2v) is 5.92. The third kappa shape index (κ3) is 4.86. The zero-order valence-electron chi connectivity index (χ0n) is 12.6. The van der Waals surface area contributed by atoms with Crippen LogP contribution in [0.2, 0.25) is 5.02 Å². The maximum absolute atomic E-state index is 12.2. The number of amides is 1. The lowest BCUT2D eigenvalue weighted by atomic mass is 9.98. The molecule has 0 spiro atoms. The summed E-state index contributed by atoms with van der Waals surface area (Å²) in [5.41, 5.74) is 7.76. The molecule has 0 radical (unpaired) electrons. The van der Waals surface area contributed by atoms with Gasteiger partial charge in [0.2, 0.25) is 5.91 Å². The third-order valence-corrected chi connectivity index (χ3v) is 3.72. The lowest BCUT2D eigenvalue weighted by Crippen LogP contribution is -2.30. The first kappa shape index (κ1) is 16.5. The van der Waals surface area contributed by atoms with Crippen molar-refractivity contribution in [3.8, 4) is 0 Å². The monoisotopic (exact) mass is 316 g/mol. The molecule has 0 aromatic heterocycles. The van der Waals surface area contributed by atoms with E-state index in [1.54, 1.807) is 0 Å². The maximum atomic E-state index is 12.2. The van der Waals surface area contributed by atoms with Crippen molar-refractivity contribution < 1.29 is 4.79 Å². The van der Waals surface area contributed by atoms with Crippen LogP contribution >= 0.6 is 11.6 Å². The second kappa shape index (κ2) is 7.97. The Kier molecular flexibility index (Phi) is 5.99. The van der Waals surface area contributed by atoms with E-state index in [0.29, 0.717) is 17.9 Å². The van der Waals surface area contributed by atoms with Gasteiger partial charge in [-0.25, -0.2) is 0 Å². The van der Waals surface area contributed by atoms with E-state index in [2.05, 4.69) is 5.32 Å². The van der Waals surface area contributed by atoms with Gasteiger partial charge >= 0.3 is 0 Å². The van der Waals surface area contributed by atoms with Crippen molar-refractivity contribution in [1.82, 2.24) is 5.32 Å². The number of carbonyl (C=O) groups excluding carboxylic acids is 1. The molecule has 2 unspecified atom stereocenters. The van der Waals surface area contributed by atoms with Crippen LogP contribution in [0, 0.1) is 0 Å². The van der Waals surface area contributed by atoms with Crippen molar-refractivity contribution in [1.29, 1.82) is 0 Å². The van der Waals surface area contributed by atoms with Gasteiger partial charge in [-0.3, -0.25) is 4.79 Å². The summed E-state index contributed by atoms with van der Waals surface area (Å²) in [6.07, 6.45) is 1.10. The van der Waals surface area contributed by atoms with Gasteiger partial charge in [0.1, 0.15) is 0 Å². The van der Waals surface area contributed by atoms with Gasteiger partial charge in [-0.15, -0.1) is 0 Å². The molecule has 0 saturated carbocycles. The quantitative estimate of drug-likeness (QED) is 0.854. The molecule has 2 rings (SSSR count). The molecule has 0 aliphatic carbocycles. The van der Waals surface area contributed by atoms with Crippen LogP contribution in [0.15, 0.2) is 54.6 Å². The number of hydrogen-bond donors (Lipinski definition) is 2. The van der Waals surface area contributed by atoms with Gasteiger partial charge < -0.3 is 11.1 Å². The SMILES string of the molecule is CC(N)CCC(=O)NC(c1ccccc1)c1ccc(Cl)cc1. The molecule has 22 heavy (non-hydrogen) atoms. The minimum absolute atomic E-state index is 0.00102. The molecule has 0 fully saturated rings. The predicted octanol–water partition coefficient (Wildman–Crippen LogP) is 3.67. The lowest BCUT2D eigenvalue weighted by molar-refractivity contribution is -0.121. The molecule has 0 aliphatic heterocycles. The first-order chi connectivity index (χ1) is 10.6. The van der Waals surface area contributed by atoms with Crippen molar-refractivity contribution in [3.63, 3.8) is 0 Å². The number of nitrogens with two attached hydrogens (primary N) is 1. The molecule has 2 aromatic rings. The Balaban J connectivity index is 2.19. The molecule has 0 saturated heterocycles.